The molecule has 1 atom stereocenters. The van der Waals surface area contributed by atoms with Gasteiger partial charge in [0.25, 0.3) is 0 Å². The molecule has 1 unspecified atom stereocenters. The molecule has 5 heteroatoms. The lowest BCUT2D eigenvalue weighted by molar-refractivity contribution is -0.139. The number of rotatable bonds is 5. The summed E-state index contributed by atoms with van der Waals surface area (Å²) in [7, 11) is 0. The van der Waals surface area contributed by atoms with Gasteiger partial charge in [0.2, 0.25) is 5.91 Å². The molecule has 0 saturated carbocycles. The van der Waals surface area contributed by atoms with E-state index in [4.69, 9.17) is 4.74 Å². The summed E-state index contributed by atoms with van der Waals surface area (Å²) in [6.45, 7) is 3.33. The number of morpholine rings is 1. The number of carbonyl (C=O) groups excluding carboxylic acids is 2. The first kappa shape index (κ1) is 18.3. The standard InChI is InChI=1S/C21H22FNO3/c1-15-2-4-16(5-3-15)19(24)10-11-21(25)23-12-13-26-20(14-23)17-6-8-18(22)9-7-17/h2-9,20H,10-14H2,1H3. The van der Waals surface area contributed by atoms with Crippen molar-refractivity contribution in [1.29, 1.82) is 0 Å². The van der Waals surface area contributed by atoms with Crippen molar-refractivity contribution in [2.75, 3.05) is 19.7 Å². The predicted molar refractivity (Wildman–Crippen MR) is 96.4 cm³/mol. The van der Waals surface area contributed by atoms with Crippen molar-refractivity contribution in [1.82, 2.24) is 4.90 Å². The zero-order chi connectivity index (χ0) is 18.5. The SMILES string of the molecule is Cc1ccc(C(=O)CCC(=O)N2CCOC(c3ccc(F)cc3)C2)cc1. The number of ketones is 1. The highest BCUT2D eigenvalue weighted by molar-refractivity contribution is 5.98. The second kappa shape index (κ2) is 8.23. The van der Waals surface area contributed by atoms with Crippen molar-refractivity contribution in [3.05, 3.63) is 71.0 Å². The first-order chi connectivity index (χ1) is 12.5. The van der Waals surface area contributed by atoms with Gasteiger partial charge >= 0.3 is 0 Å². The third kappa shape index (κ3) is 4.55. The topological polar surface area (TPSA) is 46.6 Å². The van der Waals surface area contributed by atoms with Crippen molar-refractivity contribution in [3.8, 4) is 0 Å². The monoisotopic (exact) mass is 355 g/mol. The summed E-state index contributed by atoms with van der Waals surface area (Å²) in [5, 5.41) is 0. The van der Waals surface area contributed by atoms with Gasteiger partial charge in [-0.3, -0.25) is 9.59 Å². The maximum Gasteiger partial charge on any atom is 0.223 e. The molecule has 136 valence electrons. The van der Waals surface area contributed by atoms with E-state index in [0.717, 1.165) is 11.1 Å². The van der Waals surface area contributed by atoms with E-state index in [1.54, 1.807) is 29.2 Å². The summed E-state index contributed by atoms with van der Waals surface area (Å²) >= 11 is 0. The fraction of sp³-hybridized carbons (Fsp3) is 0.333. The summed E-state index contributed by atoms with van der Waals surface area (Å²) in [6.07, 6.45) is 0.115. The van der Waals surface area contributed by atoms with Crippen LogP contribution in [-0.2, 0) is 9.53 Å². The largest absolute Gasteiger partial charge is 0.370 e. The van der Waals surface area contributed by atoms with Gasteiger partial charge in [0, 0.05) is 24.9 Å². The molecule has 0 aliphatic carbocycles. The van der Waals surface area contributed by atoms with Crippen LogP contribution in [0.25, 0.3) is 0 Å². The van der Waals surface area contributed by atoms with E-state index in [2.05, 4.69) is 0 Å². The molecule has 4 nitrogen and oxygen atoms in total. The predicted octanol–water partition coefficient (Wildman–Crippen LogP) is 3.70. The van der Waals surface area contributed by atoms with Crippen molar-refractivity contribution < 1.29 is 18.7 Å². The van der Waals surface area contributed by atoms with E-state index in [1.165, 1.54) is 12.1 Å². The van der Waals surface area contributed by atoms with Crippen molar-refractivity contribution in [2.45, 2.75) is 25.9 Å². The van der Waals surface area contributed by atoms with E-state index in [0.29, 0.717) is 25.3 Å². The number of Topliss-reactive ketones (excluding diaryl/α,β-unsaturated/α-hetero) is 1. The molecule has 0 bridgehead atoms. The third-order valence-electron chi connectivity index (χ3n) is 4.60. The molecule has 2 aromatic rings. The lowest BCUT2D eigenvalue weighted by Crippen LogP contribution is -2.42. The van der Waals surface area contributed by atoms with Gasteiger partial charge in [-0.25, -0.2) is 4.39 Å². The minimum absolute atomic E-state index is 0.0262. The van der Waals surface area contributed by atoms with E-state index >= 15 is 0 Å². The summed E-state index contributed by atoms with van der Waals surface area (Å²) < 4.78 is 18.8. The molecule has 0 spiro atoms. The van der Waals surface area contributed by atoms with Crippen LogP contribution in [0.1, 0.15) is 40.4 Å². The molecule has 0 radical (unpaired) electrons. The number of halogens is 1. The molecule has 1 amide bonds. The Kier molecular flexibility index (Phi) is 5.78. The van der Waals surface area contributed by atoms with E-state index in [1.807, 2.05) is 19.1 Å². The van der Waals surface area contributed by atoms with Gasteiger partial charge in [-0.1, -0.05) is 42.0 Å². The number of hydrogen-bond acceptors (Lipinski definition) is 3. The highest BCUT2D eigenvalue weighted by atomic mass is 19.1. The molecule has 0 N–H and O–H groups in total. The van der Waals surface area contributed by atoms with Crippen LogP contribution < -0.4 is 0 Å². The second-order valence-electron chi connectivity index (χ2n) is 6.54. The summed E-state index contributed by atoms with van der Waals surface area (Å²) in [5.41, 5.74) is 2.58. The first-order valence-corrected chi connectivity index (χ1v) is 8.77. The molecule has 0 aromatic heterocycles. The zero-order valence-electron chi connectivity index (χ0n) is 14.8. The molecule has 1 saturated heterocycles. The van der Waals surface area contributed by atoms with Gasteiger partial charge in [0.1, 0.15) is 11.9 Å². The van der Waals surface area contributed by atoms with Crippen LogP contribution in [0.15, 0.2) is 48.5 Å². The Morgan fingerprint density at radius 3 is 2.46 bits per heavy atom. The number of hydrogen-bond donors (Lipinski definition) is 0. The van der Waals surface area contributed by atoms with E-state index in [9.17, 15) is 14.0 Å². The third-order valence-corrected chi connectivity index (χ3v) is 4.60. The van der Waals surface area contributed by atoms with Gasteiger partial charge < -0.3 is 9.64 Å². The maximum absolute atomic E-state index is 13.1. The molecule has 1 aliphatic rings. The van der Waals surface area contributed by atoms with Crippen LogP contribution in [0.5, 0.6) is 0 Å². The fourth-order valence-corrected chi connectivity index (χ4v) is 3.02. The molecule has 26 heavy (non-hydrogen) atoms. The lowest BCUT2D eigenvalue weighted by Gasteiger charge is -2.33. The second-order valence-corrected chi connectivity index (χ2v) is 6.54. The Morgan fingerprint density at radius 1 is 1.08 bits per heavy atom. The number of benzene rings is 2. The van der Waals surface area contributed by atoms with Crippen LogP contribution in [0.4, 0.5) is 4.39 Å². The Hall–Kier alpha value is -2.53. The maximum atomic E-state index is 13.1. The Morgan fingerprint density at radius 2 is 1.77 bits per heavy atom. The zero-order valence-corrected chi connectivity index (χ0v) is 14.8. The van der Waals surface area contributed by atoms with E-state index in [-0.39, 0.29) is 36.5 Å². The fourth-order valence-electron chi connectivity index (χ4n) is 3.02. The smallest absolute Gasteiger partial charge is 0.223 e. The molecule has 1 heterocycles. The number of aryl methyl sites for hydroxylation is 1. The van der Waals surface area contributed by atoms with Crippen molar-refractivity contribution in [2.24, 2.45) is 0 Å². The molecule has 1 aliphatic heterocycles. The first-order valence-electron chi connectivity index (χ1n) is 8.77. The van der Waals surface area contributed by atoms with Crippen LogP contribution in [0, 0.1) is 12.7 Å². The average Bonchev–Trinajstić information content (AvgIpc) is 2.67. The molecular weight excluding hydrogens is 333 g/mol. The number of amides is 1. The van der Waals surface area contributed by atoms with Gasteiger partial charge in [-0.2, -0.15) is 0 Å². The minimum atomic E-state index is -0.299. The summed E-state index contributed by atoms with van der Waals surface area (Å²) in [6, 6.07) is 13.5. The normalized spacial score (nSPS) is 17.2. The summed E-state index contributed by atoms with van der Waals surface area (Å²) in [5.74, 6) is -0.380. The minimum Gasteiger partial charge on any atom is -0.370 e. The number of carbonyl (C=O) groups is 2. The van der Waals surface area contributed by atoms with Crippen LogP contribution >= 0.6 is 0 Å². The highest BCUT2D eigenvalue weighted by Crippen LogP contribution is 2.23. The Balaban J connectivity index is 1.54. The van der Waals surface area contributed by atoms with Crippen LogP contribution in [0.3, 0.4) is 0 Å². The lowest BCUT2D eigenvalue weighted by atomic mass is 10.0. The van der Waals surface area contributed by atoms with Gasteiger partial charge in [0.05, 0.1) is 13.2 Å². The number of nitrogens with zero attached hydrogens (tertiary/aromatic N) is 1. The van der Waals surface area contributed by atoms with Gasteiger partial charge in [0.15, 0.2) is 5.78 Å². The number of ether oxygens (including phenoxy) is 1. The summed E-state index contributed by atoms with van der Waals surface area (Å²) in [4.78, 5) is 26.4. The molecule has 2 aromatic carbocycles. The Labute approximate surface area is 152 Å². The van der Waals surface area contributed by atoms with E-state index < -0.39 is 0 Å². The Bertz CT molecular complexity index is 771. The van der Waals surface area contributed by atoms with Crippen molar-refractivity contribution >= 4 is 11.7 Å². The van der Waals surface area contributed by atoms with Crippen molar-refractivity contribution in [3.63, 3.8) is 0 Å². The van der Waals surface area contributed by atoms with Crippen LogP contribution in [0.2, 0.25) is 0 Å². The van der Waals surface area contributed by atoms with Crippen LogP contribution in [-0.4, -0.2) is 36.3 Å². The van der Waals surface area contributed by atoms with Gasteiger partial charge in [-0.05, 0) is 24.6 Å². The average molecular weight is 355 g/mol. The molecular formula is C21H22FNO3. The van der Waals surface area contributed by atoms with Gasteiger partial charge in [-0.15, -0.1) is 0 Å². The quantitative estimate of drug-likeness (QED) is 0.769. The molecule has 1 fully saturated rings. The molecule has 3 rings (SSSR count). The highest BCUT2D eigenvalue weighted by Gasteiger charge is 2.25.